The van der Waals surface area contributed by atoms with Gasteiger partial charge in [0.25, 0.3) is 0 Å². The lowest BCUT2D eigenvalue weighted by Gasteiger charge is -2.06. The molecule has 5 heteroatoms. The van der Waals surface area contributed by atoms with Crippen molar-refractivity contribution in [1.82, 2.24) is 4.98 Å². The molecule has 1 aromatic heterocycles. The largest absolute Gasteiger partial charge is 0.380 e. The van der Waals surface area contributed by atoms with Crippen LogP contribution in [0.3, 0.4) is 0 Å². The van der Waals surface area contributed by atoms with Crippen LogP contribution in [-0.2, 0) is 6.54 Å². The summed E-state index contributed by atoms with van der Waals surface area (Å²) in [6.07, 6.45) is 1.38. The van der Waals surface area contributed by atoms with Gasteiger partial charge in [-0.2, -0.15) is 4.39 Å². The summed E-state index contributed by atoms with van der Waals surface area (Å²) in [7, 11) is 0. The Morgan fingerprint density at radius 3 is 2.65 bits per heavy atom. The van der Waals surface area contributed by atoms with Gasteiger partial charge < -0.3 is 5.32 Å². The van der Waals surface area contributed by atoms with Crippen molar-refractivity contribution >= 4 is 17.3 Å². The van der Waals surface area contributed by atoms with Gasteiger partial charge >= 0.3 is 0 Å². The third-order valence-electron chi connectivity index (χ3n) is 2.21. The van der Waals surface area contributed by atoms with E-state index in [1.54, 1.807) is 12.1 Å². The first-order valence-electron chi connectivity index (χ1n) is 4.94. The highest BCUT2D eigenvalue weighted by Gasteiger charge is 2.01. The van der Waals surface area contributed by atoms with Gasteiger partial charge in [0, 0.05) is 6.54 Å². The molecule has 88 valence electrons. The van der Waals surface area contributed by atoms with E-state index in [9.17, 15) is 8.78 Å². The standard InChI is InChI=1S/C12H9ClF2N2/c13-10-3-1-8(5-11(10)14)6-16-9-2-4-12(15)17-7-9/h1-5,7,16H,6H2. The second kappa shape index (κ2) is 5.10. The number of pyridine rings is 1. The van der Waals surface area contributed by atoms with Gasteiger partial charge in [0.1, 0.15) is 5.82 Å². The number of aromatic nitrogens is 1. The zero-order valence-corrected chi connectivity index (χ0v) is 9.51. The Bertz CT molecular complexity index is 514. The molecule has 0 aliphatic heterocycles. The first-order valence-corrected chi connectivity index (χ1v) is 5.32. The van der Waals surface area contributed by atoms with Crippen molar-refractivity contribution in [2.24, 2.45) is 0 Å². The smallest absolute Gasteiger partial charge is 0.212 e. The van der Waals surface area contributed by atoms with Crippen LogP contribution >= 0.6 is 11.6 Å². The van der Waals surface area contributed by atoms with Crippen molar-refractivity contribution in [3.63, 3.8) is 0 Å². The molecule has 0 fully saturated rings. The minimum absolute atomic E-state index is 0.0946. The Kier molecular flexibility index (Phi) is 3.54. The molecule has 1 N–H and O–H groups in total. The first kappa shape index (κ1) is 11.8. The number of hydrogen-bond donors (Lipinski definition) is 1. The zero-order chi connectivity index (χ0) is 12.3. The molecule has 0 atom stereocenters. The van der Waals surface area contributed by atoms with Gasteiger partial charge in [-0.3, -0.25) is 0 Å². The Hall–Kier alpha value is -1.68. The number of benzene rings is 1. The van der Waals surface area contributed by atoms with Gasteiger partial charge in [0.05, 0.1) is 16.9 Å². The average molecular weight is 255 g/mol. The first-order chi connectivity index (χ1) is 8.15. The second-order valence-electron chi connectivity index (χ2n) is 3.47. The van der Waals surface area contributed by atoms with Gasteiger partial charge in [0.15, 0.2) is 0 Å². The Morgan fingerprint density at radius 2 is 2.00 bits per heavy atom. The van der Waals surface area contributed by atoms with Crippen LogP contribution in [0.15, 0.2) is 36.5 Å². The quantitative estimate of drug-likeness (QED) is 0.846. The van der Waals surface area contributed by atoms with Crippen LogP contribution < -0.4 is 5.32 Å². The number of hydrogen-bond acceptors (Lipinski definition) is 2. The van der Waals surface area contributed by atoms with Gasteiger partial charge in [-0.1, -0.05) is 17.7 Å². The van der Waals surface area contributed by atoms with Crippen LogP contribution in [0.2, 0.25) is 5.02 Å². The van der Waals surface area contributed by atoms with Crippen molar-refractivity contribution in [2.75, 3.05) is 5.32 Å². The van der Waals surface area contributed by atoms with Crippen LogP contribution in [-0.4, -0.2) is 4.98 Å². The van der Waals surface area contributed by atoms with Gasteiger partial charge in [-0.25, -0.2) is 9.37 Å². The summed E-state index contributed by atoms with van der Waals surface area (Å²) in [6, 6.07) is 7.39. The fourth-order valence-electron chi connectivity index (χ4n) is 1.33. The van der Waals surface area contributed by atoms with E-state index >= 15 is 0 Å². The minimum atomic E-state index is -0.534. The summed E-state index contributed by atoms with van der Waals surface area (Å²) < 4.78 is 25.7. The highest BCUT2D eigenvalue weighted by atomic mass is 35.5. The molecule has 2 rings (SSSR count). The number of rotatable bonds is 3. The third-order valence-corrected chi connectivity index (χ3v) is 2.51. The predicted octanol–water partition coefficient (Wildman–Crippen LogP) is 3.63. The van der Waals surface area contributed by atoms with Crippen molar-refractivity contribution in [3.05, 3.63) is 58.9 Å². The zero-order valence-electron chi connectivity index (χ0n) is 8.75. The van der Waals surface area contributed by atoms with Crippen molar-refractivity contribution in [2.45, 2.75) is 6.54 Å². The summed E-state index contributed by atoms with van der Waals surface area (Å²) in [4.78, 5) is 3.50. The highest BCUT2D eigenvalue weighted by Crippen LogP contribution is 2.16. The Balaban J connectivity index is 2.02. The van der Waals surface area contributed by atoms with E-state index in [0.717, 1.165) is 5.56 Å². The molecule has 0 bridgehead atoms. The topological polar surface area (TPSA) is 24.9 Å². The van der Waals surface area contributed by atoms with E-state index in [2.05, 4.69) is 10.3 Å². The lowest BCUT2D eigenvalue weighted by Crippen LogP contribution is -2.00. The molecule has 0 spiro atoms. The van der Waals surface area contributed by atoms with Gasteiger partial charge in [0.2, 0.25) is 5.95 Å². The van der Waals surface area contributed by atoms with Crippen LogP contribution in [0.5, 0.6) is 0 Å². The van der Waals surface area contributed by atoms with Gasteiger partial charge in [-0.15, -0.1) is 0 Å². The number of nitrogens with one attached hydrogen (secondary N) is 1. The normalized spacial score (nSPS) is 10.3. The minimum Gasteiger partial charge on any atom is -0.380 e. The summed E-state index contributed by atoms with van der Waals surface area (Å²) >= 11 is 5.57. The summed E-state index contributed by atoms with van der Waals surface area (Å²) in [6.45, 7) is 0.418. The molecular formula is C12H9ClF2N2. The fourth-order valence-corrected chi connectivity index (χ4v) is 1.45. The average Bonchev–Trinajstić information content (AvgIpc) is 2.33. The molecule has 1 heterocycles. The van der Waals surface area contributed by atoms with Crippen LogP contribution in [0.1, 0.15) is 5.56 Å². The van der Waals surface area contributed by atoms with E-state index in [4.69, 9.17) is 11.6 Å². The number of nitrogens with zero attached hydrogens (tertiary/aromatic N) is 1. The van der Waals surface area contributed by atoms with E-state index in [1.165, 1.54) is 24.4 Å². The van der Waals surface area contributed by atoms with E-state index < -0.39 is 11.8 Å². The molecule has 17 heavy (non-hydrogen) atoms. The number of anilines is 1. The maximum Gasteiger partial charge on any atom is 0.212 e. The molecule has 0 unspecified atom stereocenters. The molecule has 2 aromatic rings. The predicted molar refractivity (Wildman–Crippen MR) is 62.9 cm³/mol. The molecule has 0 amide bonds. The summed E-state index contributed by atoms with van der Waals surface area (Å²) in [5.41, 5.74) is 1.41. The van der Waals surface area contributed by atoms with Crippen molar-refractivity contribution in [1.29, 1.82) is 0 Å². The van der Waals surface area contributed by atoms with Crippen molar-refractivity contribution in [3.8, 4) is 0 Å². The van der Waals surface area contributed by atoms with Crippen LogP contribution in [0, 0.1) is 11.8 Å². The SMILES string of the molecule is Fc1ccc(NCc2ccc(Cl)c(F)c2)cn1. The van der Waals surface area contributed by atoms with E-state index in [0.29, 0.717) is 12.2 Å². The Labute approximate surface area is 102 Å². The molecular weight excluding hydrogens is 246 g/mol. The third kappa shape index (κ3) is 3.14. The monoisotopic (exact) mass is 254 g/mol. The summed E-state index contributed by atoms with van der Waals surface area (Å²) in [5, 5.41) is 3.09. The molecule has 0 radical (unpaired) electrons. The molecule has 1 aromatic carbocycles. The van der Waals surface area contributed by atoms with Crippen LogP contribution in [0.25, 0.3) is 0 Å². The van der Waals surface area contributed by atoms with Crippen LogP contribution in [0.4, 0.5) is 14.5 Å². The maximum absolute atomic E-state index is 13.1. The van der Waals surface area contributed by atoms with E-state index in [1.807, 2.05) is 0 Å². The lowest BCUT2D eigenvalue weighted by molar-refractivity contribution is 0.584. The Morgan fingerprint density at radius 1 is 1.18 bits per heavy atom. The number of halogens is 3. The highest BCUT2D eigenvalue weighted by molar-refractivity contribution is 6.30. The molecule has 0 saturated carbocycles. The van der Waals surface area contributed by atoms with Crippen molar-refractivity contribution < 1.29 is 8.78 Å². The fraction of sp³-hybridized carbons (Fsp3) is 0.0833. The summed E-state index contributed by atoms with van der Waals surface area (Å²) in [5.74, 6) is -0.990. The molecule has 0 saturated heterocycles. The maximum atomic E-state index is 13.1. The molecule has 2 nitrogen and oxygen atoms in total. The lowest BCUT2D eigenvalue weighted by atomic mass is 10.2. The molecule has 0 aliphatic carbocycles. The molecule has 0 aliphatic rings. The van der Waals surface area contributed by atoms with E-state index in [-0.39, 0.29) is 5.02 Å². The van der Waals surface area contributed by atoms with Gasteiger partial charge in [-0.05, 0) is 29.8 Å². The second-order valence-corrected chi connectivity index (χ2v) is 3.88.